The number of nitrogens with zero attached hydrogens (tertiary/aromatic N) is 6. The first-order chi connectivity index (χ1) is 9.36. The molecule has 1 aliphatic heterocycles. The van der Waals surface area contributed by atoms with E-state index in [0.717, 1.165) is 6.54 Å². The molecule has 8 heteroatoms. The Morgan fingerprint density at radius 3 is 2.55 bits per heavy atom. The predicted octanol–water partition coefficient (Wildman–Crippen LogP) is -0.979. The van der Waals surface area contributed by atoms with Gasteiger partial charge in [-0.25, -0.2) is 0 Å². The Labute approximate surface area is 119 Å². The number of hydrogen-bond donors (Lipinski definition) is 2. The molecule has 0 radical (unpaired) electrons. The number of β-amino-alcohol motifs (C(OH)–C–C–N with tert-alkyl or cyclic N) is 1. The van der Waals surface area contributed by atoms with Gasteiger partial charge in [0.2, 0.25) is 17.8 Å². The molecule has 2 atom stereocenters. The number of aliphatic hydroxyl groups excluding tert-OH is 1. The lowest BCUT2D eigenvalue weighted by Crippen LogP contribution is -2.39. The molecule has 1 aromatic heterocycles. The molecule has 0 aromatic carbocycles. The number of aliphatic hydroxyl groups is 1. The maximum atomic E-state index is 9.92. The summed E-state index contributed by atoms with van der Waals surface area (Å²) in [4.78, 5) is 18.6. The topological polar surface area (TPSA) is 94.6 Å². The summed E-state index contributed by atoms with van der Waals surface area (Å²) in [5, 5.41) is 9.92. The van der Waals surface area contributed by atoms with E-state index in [1.807, 2.05) is 33.1 Å². The zero-order chi connectivity index (χ0) is 14.9. The summed E-state index contributed by atoms with van der Waals surface area (Å²) in [7, 11) is 7.73. The van der Waals surface area contributed by atoms with Crippen molar-refractivity contribution in [1.29, 1.82) is 0 Å². The number of nitrogen functional groups attached to an aromatic ring is 1. The van der Waals surface area contributed by atoms with Crippen LogP contribution < -0.4 is 15.5 Å². The molecule has 1 aromatic rings. The van der Waals surface area contributed by atoms with Gasteiger partial charge in [-0.1, -0.05) is 0 Å². The van der Waals surface area contributed by atoms with Gasteiger partial charge >= 0.3 is 0 Å². The minimum Gasteiger partial charge on any atom is -0.391 e. The third-order valence-corrected chi connectivity index (χ3v) is 3.25. The highest BCUT2D eigenvalue weighted by atomic mass is 16.3. The van der Waals surface area contributed by atoms with Crippen molar-refractivity contribution in [2.45, 2.75) is 18.6 Å². The summed E-state index contributed by atoms with van der Waals surface area (Å²) < 4.78 is 0. The van der Waals surface area contributed by atoms with E-state index in [4.69, 9.17) is 5.73 Å². The molecule has 112 valence electrons. The summed E-state index contributed by atoms with van der Waals surface area (Å²) in [5.74, 6) is 1.26. The van der Waals surface area contributed by atoms with Gasteiger partial charge in [-0.2, -0.15) is 15.0 Å². The Hall–Kier alpha value is -1.67. The molecule has 2 unspecified atom stereocenters. The fraction of sp³-hybridized carbons (Fsp3) is 0.750. The van der Waals surface area contributed by atoms with Gasteiger partial charge in [-0.3, -0.25) is 0 Å². The van der Waals surface area contributed by atoms with Crippen molar-refractivity contribution < 1.29 is 5.11 Å². The highest BCUT2D eigenvalue weighted by molar-refractivity contribution is 5.44. The van der Waals surface area contributed by atoms with Gasteiger partial charge in [0.05, 0.1) is 6.10 Å². The molecule has 1 aliphatic rings. The monoisotopic (exact) mass is 281 g/mol. The number of rotatable bonds is 4. The average Bonchev–Trinajstić information content (AvgIpc) is 2.68. The van der Waals surface area contributed by atoms with E-state index in [1.54, 1.807) is 4.90 Å². The van der Waals surface area contributed by atoms with Crippen LogP contribution >= 0.6 is 0 Å². The van der Waals surface area contributed by atoms with Crippen LogP contribution in [0.5, 0.6) is 0 Å². The fourth-order valence-electron chi connectivity index (χ4n) is 2.43. The average molecular weight is 281 g/mol. The van der Waals surface area contributed by atoms with E-state index in [2.05, 4.69) is 19.9 Å². The molecule has 8 nitrogen and oxygen atoms in total. The van der Waals surface area contributed by atoms with Gasteiger partial charge in [0.15, 0.2) is 0 Å². The van der Waals surface area contributed by atoms with Gasteiger partial charge in [0.1, 0.15) is 0 Å². The molecule has 2 rings (SSSR count). The van der Waals surface area contributed by atoms with Crippen LogP contribution in [0.2, 0.25) is 0 Å². The third kappa shape index (κ3) is 3.26. The van der Waals surface area contributed by atoms with Crippen molar-refractivity contribution in [1.82, 2.24) is 19.9 Å². The Balaban J connectivity index is 2.28. The molecule has 0 spiro atoms. The summed E-state index contributed by atoms with van der Waals surface area (Å²) >= 11 is 0. The molecule has 0 aliphatic carbocycles. The summed E-state index contributed by atoms with van der Waals surface area (Å²) in [6.45, 7) is 1.36. The van der Waals surface area contributed by atoms with E-state index >= 15 is 0 Å². The second-order valence-corrected chi connectivity index (χ2v) is 5.65. The normalized spacial score (nSPS) is 22.6. The molecule has 0 amide bonds. The van der Waals surface area contributed by atoms with Crippen molar-refractivity contribution in [2.24, 2.45) is 0 Å². The Morgan fingerprint density at radius 1 is 1.25 bits per heavy atom. The van der Waals surface area contributed by atoms with Crippen molar-refractivity contribution in [2.75, 3.05) is 56.8 Å². The second kappa shape index (κ2) is 5.76. The standard InChI is InChI=1S/C12H23N7O/c1-17(2)6-8-5-9(20)7-19(8)12-15-10(13)14-11(16-12)18(3)4/h8-9,20H,5-7H2,1-4H3,(H2,13,14,15,16). The van der Waals surface area contributed by atoms with Crippen LogP contribution in [0.3, 0.4) is 0 Å². The van der Waals surface area contributed by atoms with Crippen LogP contribution in [-0.2, 0) is 0 Å². The van der Waals surface area contributed by atoms with Gasteiger partial charge < -0.3 is 25.5 Å². The number of aromatic nitrogens is 3. The molecule has 2 heterocycles. The molecule has 1 saturated heterocycles. The van der Waals surface area contributed by atoms with Crippen molar-refractivity contribution >= 4 is 17.8 Å². The van der Waals surface area contributed by atoms with Crippen LogP contribution in [-0.4, -0.2) is 78.4 Å². The van der Waals surface area contributed by atoms with Crippen molar-refractivity contribution in [3.8, 4) is 0 Å². The maximum Gasteiger partial charge on any atom is 0.232 e. The lowest BCUT2D eigenvalue weighted by atomic mass is 10.2. The maximum absolute atomic E-state index is 9.92. The number of hydrogen-bond acceptors (Lipinski definition) is 8. The van der Waals surface area contributed by atoms with Gasteiger partial charge in [-0.15, -0.1) is 0 Å². The largest absolute Gasteiger partial charge is 0.391 e. The fourth-order valence-corrected chi connectivity index (χ4v) is 2.43. The zero-order valence-corrected chi connectivity index (χ0v) is 12.5. The molecular formula is C12H23N7O. The predicted molar refractivity (Wildman–Crippen MR) is 78.9 cm³/mol. The lowest BCUT2D eigenvalue weighted by molar-refractivity contribution is 0.191. The van der Waals surface area contributed by atoms with E-state index < -0.39 is 0 Å². The number of anilines is 3. The van der Waals surface area contributed by atoms with Crippen LogP contribution in [0.1, 0.15) is 6.42 Å². The second-order valence-electron chi connectivity index (χ2n) is 5.65. The third-order valence-electron chi connectivity index (χ3n) is 3.25. The Kier molecular flexibility index (Phi) is 4.24. The Morgan fingerprint density at radius 2 is 1.95 bits per heavy atom. The molecule has 1 fully saturated rings. The highest BCUT2D eigenvalue weighted by Gasteiger charge is 2.33. The van der Waals surface area contributed by atoms with Crippen LogP contribution in [0, 0.1) is 0 Å². The minimum atomic E-state index is -0.360. The first kappa shape index (κ1) is 14.7. The lowest BCUT2D eigenvalue weighted by Gasteiger charge is -2.27. The molecular weight excluding hydrogens is 258 g/mol. The van der Waals surface area contributed by atoms with Crippen molar-refractivity contribution in [3.63, 3.8) is 0 Å². The van der Waals surface area contributed by atoms with Crippen LogP contribution in [0.4, 0.5) is 17.8 Å². The van der Waals surface area contributed by atoms with Crippen molar-refractivity contribution in [3.05, 3.63) is 0 Å². The first-order valence-corrected chi connectivity index (χ1v) is 6.65. The SMILES string of the molecule is CN(C)CC1CC(O)CN1c1nc(N)nc(N(C)C)n1. The summed E-state index contributed by atoms with van der Waals surface area (Å²) in [5.41, 5.74) is 5.76. The van der Waals surface area contributed by atoms with Crippen LogP contribution in [0.15, 0.2) is 0 Å². The highest BCUT2D eigenvalue weighted by Crippen LogP contribution is 2.24. The first-order valence-electron chi connectivity index (χ1n) is 6.65. The van der Waals surface area contributed by atoms with Crippen LogP contribution in [0.25, 0.3) is 0 Å². The molecule has 20 heavy (non-hydrogen) atoms. The van der Waals surface area contributed by atoms with Gasteiger partial charge in [0, 0.05) is 33.2 Å². The van der Waals surface area contributed by atoms with E-state index in [1.165, 1.54) is 0 Å². The molecule has 0 bridgehead atoms. The Bertz CT molecular complexity index is 465. The van der Waals surface area contributed by atoms with E-state index in [9.17, 15) is 5.11 Å². The van der Waals surface area contributed by atoms with E-state index in [-0.39, 0.29) is 18.1 Å². The zero-order valence-electron chi connectivity index (χ0n) is 12.5. The van der Waals surface area contributed by atoms with Gasteiger partial charge in [-0.05, 0) is 20.5 Å². The summed E-state index contributed by atoms with van der Waals surface area (Å²) in [6.07, 6.45) is 0.349. The quantitative estimate of drug-likeness (QED) is 0.727. The number of likely N-dealkylation sites (N-methyl/N-ethyl adjacent to an activating group) is 1. The molecule has 0 saturated carbocycles. The molecule has 3 N–H and O–H groups in total. The minimum absolute atomic E-state index is 0.178. The van der Waals surface area contributed by atoms with E-state index in [0.29, 0.717) is 24.9 Å². The smallest absolute Gasteiger partial charge is 0.232 e. The number of nitrogens with two attached hydrogens (primary N) is 1. The summed E-state index contributed by atoms with van der Waals surface area (Å²) in [6, 6.07) is 0.178. The van der Waals surface area contributed by atoms with Gasteiger partial charge in [0.25, 0.3) is 0 Å².